The van der Waals surface area contributed by atoms with E-state index in [1.54, 1.807) is 25.3 Å². The van der Waals surface area contributed by atoms with Gasteiger partial charge in [-0.3, -0.25) is 9.48 Å². The van der Waals surface area contributed by atoms with Gasteiger partial charge in [-0.25, -0.2) is 4.98 Å². The molecule has 1 aromatic carbocycles. The fraction of sp³-hybridized carbons (Fsp3) is 0.280. The Morgan fingerprint density at radius 1 is 1.26 bits per heavy atom. The molecule has 0 aliphatic heterocycles. The Hall–Kier alpha value is -3.85. The van der Waals surface area contributed by atoms with Crippen LogP contribution in [0.4, 0.5) is 5.69 Å². The van der Waals surface area contributed by atoms with Crippen LogP contribution in [0, 0.1) is 13.8 Å². The number of pyridine rings is 1. The molecule has 3 heterocycles. The number of aryl methyl sites for hydroxylation is 1. The summed E-state index contributed by atoms with van der Waals surface area (Å²) in [5, 5.41) is 20.6. The minimum Gasteiger partial charge on any atom is -0.455 e. The lowest BCUT2D eigenvalue weighted by molar-refractivity contribution is 0.318. The molecule has 0 saturated carbocycles. The van der Waals surface area contributed by atoms with E-state index in [9.17, 15) is 4.79 Å². The van der Waals surface area contributed by atoms with E-state index in [1.165, 1.54) is 0 Å². The SMILES string of the molecule is Cc1cc([C@@H](C)Nc2ccc(Cl)nc2/C(N)=N/O)c2oc(-c3cnn(C(C)C)c3)c(C)c(=O)c2c1. The molecular formula is C25H27ClN6O3. The number of hydrogen-bond donors (Lipinski definition) is 3. The molecule has 0 aliphatic carbocycles. The van der Waals surface area contributed by atoms with Crippen molar-refractivity contribution in [2.75, 3.05) is 5.32 Å². The van der Waals surface area contributed by atoms with Gasteiger partial charge in [-0.1, -0.05) is 22.8 Å². The molecule has 0 amide bonds. The molecule has 0 radical (unpaired) electrons. The average Bonchev–Trinajstić information content (AvgIpc) is 3.32. The number of hydrogen-bond acceptors (Lipinski definition) is 7. The third-order valence-electron chi connectivity index (χ3n) is 5.83. The number of anilines is 1. The highest BCUT2D eigenvalue weighted by molar-refractivity contribution is 6.29. The van der Waals surface area contributed by atoms with Crippen LogP contribution in [0.5, 0.6) is 0 Å². The zero-order chi connectivity index (χ0) is 25.4. The van der Waals surface area contributed by atoms with Crippen LogP contribution in [0.2, 0.25) is 5.15 Å². The summed E-state index contributed by atoms with van der Waals surface area (Å²) in [6.45, 7) is 9.68. The third-order valence-corrected chi connectivity index (χ3v) is 6.05. The van der Waals surface area contributed by atoms with E-state index < -0.39 is 0 Å². The monoisotopic (exact) mass is 494 g/mol. The summed E-state index contributed by atoms with van der Waals surface area (Å²) in [6.07, 6.45) is 3.58. The summed E-state index contributed by atoms with van der Waals surface area (Å²) >= 11 is 6.01. The average molecular weight is 495 g/mol. The standard InChI is InChI=1S/C25H27ClN6O3/c1-12(2)32-11-16(10-28-32)23-14(4)22(33)18-9-13(3)8-17(24(18)35-23)15(5)29-19-6-7-20(26)30-21(19)25(27)31-34/h6-12,15,29,34H,1-5H3,(H2,27,31)/t15-/m1/s1. The Balaban J connectivity index is 1.86. The lowest BCUT2D eigenvalue weighted by Gasteiger charge is -2.20. The van der Waals surface area contributed by atoms with Gasteiger partial charge in [-0.2, -0.15) is 5.10 Å². The number of aromatic nitrogens is 3. The molecule has 1 atom stereocenters. The number of fused-ring (bicyclic) bond motifs is 1. The predicted octanol–water partition coefficient (Wildman–Crippen LogP) is 5.17. The number of nitrogens with two attached hydrogens (primary N) is 1. The summed E-state index contributed by atoms with van der Waals surface area (Å²) in [7, 11) is 0. The molecule has 4 rings (SSSR count). The highest BCUT2D eigenvalue weighted by Crippen LogP contribution is 2.32. The third kappa shape index (κ3) is 4.59. The van der Waals surface area contributed by atoms with Crippen LogP contribution in [-0.2, 0) is 0 Å². The van der Waals surface area contributed by atoms with E-state index in [0.29, 0.717) is 28.0 Å². The lowest BCUT2D eigenvalue weighted by Crippen LogP contribution is -2.19. The largest absolute Gasteiger partial charge is 0.455 e. The molecule has 0 bridgehead atoms. The maximum Gasteiger partial charge on any atom is 0.196 e. The quantitative estimate of drug-likeness (QED) is 0.111. The Morgan fingerprint density at radius 3 is 2.66 bits per heavy atom. The minimum absolute atomic E-state index is 0.0961. The highest BCUT2D eigenvalue weighted by atomic mass is 35.5. The maximum absolute atomic E-state index is 13.4. The van der Waals surface area contributed by atoms with Gasteiger partial charge in [0.15, 0.2) is 11.3 Å². The molecule has 4 N–H and O–H groups in total. The molecule has 10 heteroatoms. The Kier molecular flexibility index (Phi) is 6.53. The van der Waals surface area contributed by atoms with Gasteiger partial charge in [0.1, 0.15) is 22.2 Å². The van der Waals surface area contributed by atoms with E-state index in [1.807, 2.05) is 50.7 Å². The number of halogens is 1. The smallest absolute Gasteiger partial charge is 0.196 e. The van der Waals surface area contributed by atoms with Gasteiger partial charge in [-0.05, 0) is 58.4 Å². The zero-order valence-corrected chi connectivity index (χ0v) is 20.9. The first-order valence-corrected chi connectivity index (χ1v) is 11.5. The fourth-order valence-electron chi connectivity index (χ4n) is 4.01. The molecule has 0 fully saturated rings. The number of nitrogens with one attached hydrogen (secondary N) is 1. The van der Waals surface area contributed by atoms with Gasteiger partial charge in [0.2, 0.25) is 0 Å². The van der Waals surface area contributed by atoms with Crippen molar-refractivity contribution in [3.05, 3.63) is 74.4 Å². The molecule has 0 aliphatic rings. The van der Waals surface area contributed by atoms with Crippen LogP contribution in [0.25, 0.3) is 22.3 Å². The van der Waals surface area contributed by atoms with Gasteiger partial charge >= 0.3 is 0 Å². The Bertz CT molecular complexity index is 1510. The van der Waals surface area contributed by atoms with Crippen molar-refractivity contribution < 1.29 is 9.62 Å². The molecule has 35 heavy (non-hydrogen) atoms. The minimum atomic E-state index is -0.331. The number of oxime groups is 1. The normalized spacial score (nSPS) is 12.9. The van der Waals surface area contributed by atoms with Crippen molar-refractivity contribution in [1.82, 2.24) is 14.8 Å². The Morgan fingerprint density at radius 2 is 2.00 bits per heavy atom. The van der Waals surface area contributed by atoms with Gasteiger partial charge in [-0.15, -0.1) is 0 Å². The fourth-order valence-corrected chi connectivity index (χ4v) is 4.16. The van der Waals surface area contributed by atoms with Crippen molar-refractivity contribution in [1.29, 1.82) is 0 Å². The summed E-state index contributed by atoms with van der Waals surface area (Å²) in [5.74, 6) is 0.306. The van der Waals surface area contributed by atoms with Gasteiger partial charge in [0, 0.05) is 23.4 Å². The Labute approximate surface area is 207 Å². The van der Waals surface area contributed by atoms with Gasteiger partial charge in [0.05, 0.1) is 28.9 Å². The van der Waals surface area contributed by atoms with Crippen LogP contribution < -0.4 is 16.5 Å². The van der Waals surface area contributed by atoms with Crippen LogP contribution >= 0.6 is 11.6 Å². The molecule has 4 aromatic rings. The second-order valence-electron chi connectivity index (χ2n) is 8.80. The first-order valence-electron chi connectivity index (χ1n) is 11.1. The van der Waals surface area contributed by atoms with Crippen molar-refractivity contribution in [3.63, 3.8) is 0 Å². The van der Waals surface area contributed by atoms with Gasteiger partial charge in [0.25, 0.3) is 0 Å². The summed E-state index contributed by atoms with van der Waals surface area (Å²) in [5.41, 5.74) is 9.86. The maximum atomic E-state index is 13.4. The van der Waals surface area contributed by atoms with Crippen molar-refractivity contribution in [2.45, 2.75) is 46.7 Å². The van der Waals surface area contributed by atoms with Crippen molar-refractivity contribution >= 4 is 34.1 Å². The molecule has 0 spiro atoms. The van der Waals surface area contributed by atoms with Crippen LogP contribution in [0.3, 0.4) is 0 Å². The highest BCUT2D eigenvalue weighted by Gasteiger charge is 2.21. The molecule has 3 aromatic heterocycles. The molecule has 0 unspecified atom stereocenters. The summed E-state index contributed by atoms with van der Waals surface area (Å²) in [6, 6.07) is 6.94. The molecular weight excluding hydrogens is 468 g/mol. The van der Waals surface area contributed by atoms with E-state index >= 15 is 0 Å². The second-order valence-corrected chi connectivity index (χ2v) is 9.19. The summed E-state index contributed by atoms with van der Waals surface area (Å²) < 4.78 is 8.22. The lowest BCUT2D eigenvalue weighted by atomic mass is 9.99. The first kappa shape index (κ1) is 24.3. The predicted molar refractivity (Wildman–Crippen MR) is 137 cm³/mol. The van der Waals surface area contributed by atoms with Crippen molar-refractivity contribution in [3.8, 4) is 11.3 Å². The molecule has 0 saturated heterocycles. The van der Waals surface area contributed by atoms with E-state index in [0.717, 1.165) is 16.7 Å². The second kappa shape index (κ2) is 9.42. The van der Waals surface area contributed by atoms with Crippen molar-refractivity contribution in [2.24, 2.45) is 10.9 Å². The number of benzene rings is 1. The number of rotatable bonds is 6. The molecule has 9 nitrogen and oxygen atoms in total. The summed E-state index contributed by atoms with van der Waals surface area (Å²) in [4.78, 5) is 17.5. The molecule has 182 valence electrons. The number of amidine groups is 1. The van der Waals surface area contributed by atoms with Crippen LogP contribution in [0.1, 0.15) is 55.2 Å². The van der Waals surface area contributed by atoms with E-state index in [2.05, 4.69) is 20.6 Å². The van der Waals surface area contributed by atoms with E-state index in [-0.39, 0.29) is 34.2 Å². The van der Waals surface area contributed by atoms with E-state index in [4.69, 9.17) is 27.0 Å². The first-order chi connectivity index (χ1) is 16.6. The van der Waals surface area contributed by atoms with Crippen LogP contribution in [-0.4, -0.2) is 25.8 Å². The topological polar surface area (TPSA) is 132 Å². The zero-order valence-electron chi connectivity index (χ0n) is 20.1. The number of nitrogens with zero attached hydrogens (tertiary/aromatic N) is 4. The van der Waals surface area contributed by atoms with Crippen LogP contribution in [0.15, 0.2) is 51.0 Å². The van der Waals surface area contributed by atoms with Gasteiger partial charge < -0.3 is 20.7 Å².